The molecule has 9 unspecified atom stereocenters. The lowest BCUT2D eigenvalue weighted by Gasteiger charge is -2.62. The summed E-state index contributed by atoms with van der Waals surface area (Å²) in [5, 5.41) is 36.0. The molecule has 0 radical (unpaired) electrons. The number of likely N-dealkylation sites (N-methyl/N-ethyl adjacent to an activating group) is 1. The zero-order valence-electron chi connectivity index (χ0n) is 21.9. The fraction of sp³-hybridized carbons (Fsp3) is 0.567. The smallest absolute Gasteiger partial charge is 0.197 e. The van der Waals surface area contributed by atoms with Crippen molar-refractivity contribution in [3.8, 4) is 0 Å². The number of alkyl halides is 1. The van der Waals surface area contributed by atoms with Gasteiger partial charge < -0.3 is 25.0 Å². The zero-order chi connectivity index (χ0) is 26.8. The van der Waals surface area contributed by atoms with Gasteiger partial charge in [-0.2, -0.15) is 0 Å². The predicted molar refractivity (Wildman–Crippen MR) is 143 cm³/mol. The van der Waals surface area contributed by atoms with E-state index in [-0.39, 0.29) is 17.8 Å². The fourth-order valence-electron chi connectivity index (χ4n) is 8.83. The third kappa shape index (κ3) is 2.83. The molecule has 3 heterocycles. The summed E-state index contributed by atoms with van der Waals surface area (Å²) in [6, 6.07) is 7.75. The number of aliphatic hydroxyl groups is 3. The minimum Gasteiger partial charge on any atom is -0.389 e. The van der Waals surface area contributed by atoms with Crippen LogP contribution in [0.25, 0.3) is 16.3 Å². The maximum Gasteiger partial charge on any atom is 0.197 e. The van der Waals surface area contributed by atoms with Crippen molar-refractivity contribution in [3.05, 3.63) is 58.9 Å². The fourth-order valence-corrected chi connectivity index (χ4v) is 9.05. The van der Waals surface area contributed by atoms with Gasteiger partial charge in [0.1, 0.15) is 23.0 Å². The molecule has 6 nitrogen and oxygen atoms in total. The maximum atomic E-state index is 17.0. The van der Waals surface area contributed by atoms with Crippen molar-refractivity contribution in [2.75, 3.05) is 14.1 Å². The number of benzene rings is 1. The number of aliphatic hydroxyl groups excluding tert-OH is 3. The van der Waals surface area contributed by atoms with Gasteiger partial charge in [0, 0.05) is 29.0 Å². The Bertz CT molecular complexity index is 1410. The topological polar surface area (TPSA) is 86.1 Å². The highest BCUT2D eigenvalue weighted by Crippen LogP contribution is 2.70. The van der Waals surface area contributed by atoms with Crippen LogP contribution in [0, 0.1) is 11.3 Å². The lowest BCUT2D eigenvalue weighted by Crippen LogP contribution is -2.78. The van der Waals surface area contributed by atoms with E-state index in [1.165, 1.54) is 5.57 Å². The van der Waals surface area contributed by atoms with Gasteiger partial charge in [0.15, 0.2) is 5.67 Å². The van der Waals surface area contributed by atoms with E-state index >= 15 is 4.39 Å². The third-order valence-electron chi connectivity index (χ3n) is 10.8. The van der Waals surface area contributed by atoms with Crippen molar-refractivity contribution >= 4 is 27.9 Å². The van der Waals surface area contributed by atoms with Crippen LogP contribution in [0.5, 0.6) is 0 Å². The second-order valence-electron chi connectivity index (χ2n) is 12.6. The lowest BCUT2D eigenvalue weighted by atomic mass is 9.55. The Hall–Kier alpha value is -1.87. The summed E-state index contributed by atoms with van der Waals surface area (Å²) in [5.41, 5.74) is -2.15. The molecule has 38 heavy (non-hydrogen) atoms. The normalized spacial score (nSPS) is 45.4. The van der Waals surface area contributed by atoms with E-state index in [1.54, 1.807) is 6.20 Å². The number of aromatic nitrogens is 1. The number of hydrogen-bond donors (Lipinski definition) is 3. The van der Waals surface area contributed by atoms with Gasteiger partial charge in [-0.05, 0) is 80.4 Å². The number of allylic oxidation sites excluding steroid dienone is 3. The highest BCUT2D eigenvalue weighted by atomic mass is 35.5. The summed E-state index contributed by atoms with van der Waals surface area (Å²) < 4.78 is 24.0. The van der Waals surface area contributed by atoms with Crippen LogP contribution in [-0.4, -0.2) is 80.5 Å². The van der Waals surface area contributed by atoms with Crippen molar-refractivity contribution < 1.29 is 24.4 Å². The molecule has 7 rings (SSSR count). The van der Waals surface area contributed by atoms with Gasteiger partial charge >= 0.3 is 0 Å². The summed E-state index contributed by atoms with van der Waals surface area (Å²) in [4.78, 5) is 6.07. The Morgan fingerprint density at radius 1 is 1.13 bits per heavy atom. The molecule has 2 bridgehead atoms. The van der Waals surface area contributed by atoms with Crippen LogP contribution in [-0.2, 0) is 4.74 Å². The molecule has 1 aromatic carbocycles. The predicted octanol–water partition coefficient (Wildman–Crippen LogP) is 4.05. The summed E-state index contributed by atoms with van der Waals surface area (Å²) in [5.74, 6) is 0.00504. The minimum absolute atomic E-state index is 0.00504. The molecule has 2 saturated heterocycles. The summed E-state index contributed by atoms with van der Waals surface area (Å²) in [6.45, 7) is 2.24. The second-order valence-corrected chi connectivity index (χ2v) is 12.9. The van der Waals surface area contributed by atoms with Crippen LogP contribution < -0.4 is 0 Å². The number of ether oxygens (including phenoxy) is 1. The van der Waals surface area contributed by atoms with Crippen LogP contribution >= 0.6 is 11.6 Å². The number of pyridine rings is 1. The van der Waals surface area contributed by atoms with Crippen LogP contribution in [0.3, 0.4) is 0 Å². The Labute approximate surface area is 226 Å². The van der Waals surface area contributed by atoms with E-state index in [0.29, 0.717) is 30.0 Å². The first kappa shape index (κ1) is 25.1. The number of nitrogens with zero attached hydrogens (tertiary/aromatic N) is 2. The largest absolute Gasteiger partial charge is 0.389 e. The molecule has 8 heteroatoms. The molecule has 202 valence electrons. The van der Waals surface area contributed by atoms with E-state index in [4.69, 9.17) is 16.3 Å². The summed E-state index contributed by atoms with van der Waals surface area (Å²) in [6.07, 6.45) is 3.82. The molecule has 1 aromatic heterocycles. The number of hydrogen-bond acceptors (Lipinski definition) is 6. The monoisotopic (exact) mass is 540 g/mol. The number of rotatable bonds is 2. The molecule has 3 aliphatic carbocycles. The van der Waals surface area contributed by atoms with E-state index in [9.17, 15) is 15.3 Å². The van der Waals surface area contributed by atoms with Crippen LogP contribution in [0.1, 0.15) is 44.6 Å². The molecule has 2 aliphatic heterocycles. The van der Waals surface area contributed by atoms with Gasteiger partial charge in [-0.25, -0.2) is 9.37 Å². The standard InChI is InChI=1S/C30H34ClFN2O4/c1-27-10-8-20-24(36)30(32)25(37)23(35)21(34(2)3)15-28(30)11-12-29(20,38-28)22(27)7-6-19(27)17-5-4-16-9-13-33-26(31)18(16)14-17/h4-6,8-9,13-14,21-25,35-37H,7,10-12,15H2,1-3H3. The van der Waals surface area contributed by atoms with Crippen molar-refractivity contribution in [1.82, 2.24) is 9.88 Å². The molecule has 2 aromatic rings. The summed E-state index contributed by atoms with van der Waals surface area (Å²) in [7, 11) is 3.63. The SMILES string of the molecule is CN(C)C1CC23CCC4(O2)C(=CCC2(C)C(c5ccc6ccnc(Cl)c6c5)=CCC24)C(O)C3(F)C(O)C1O. The molecular weight excluding hydrogens is 507 g/mol. The van der Waals surface area contributed by atoms with Gasteiger partial charge in [-0.1, -0.05) is 42.8 Å². The quantitative estimate of drug-likeness (QED) is 0.393. The minimum atomic E-state index is -2.48. The van der Waals surface area contributed by atoms with Crippen molar-refractivity contribution in [2.24, 2.45) is 11.3 Å². The van der Waals surface area contributed by atoms with E-state index < -0.39 is 41.2 Å². The highest BCUT2D eigenvalue weighted by molar-refractivity contribution is 6.34. The van der Waals surface area contributed by atoms with Crippen molar-refractivity contribution in [2.45, 2.75) is 80.3 Å². The van der Waals surface area contributed by atoms with Crippen molar-refractivity contribution in [3.63, 3.8) is 0 Å². The Balaban J connectivity index is 1.32. The Morgan fingerprint density at radius 3 is 2.68 bits per heavy atom. The number of halogens is 2. The van der Waals surface area contributed by atoms with Gasteiger partial charge in [-0.15, -0.1) is 0 Å². The molecule has 1 saturated carbocycles. The van der Waals surface area contributed by atoms with Gasteiger partial charge in [0.25, 0.3) is 0 Å². The van der Waals surface area contributed by atoms with Gasteiger partial charge in [-0.3, -0.25) is 0 Å². The van der Waals surface area contributed by atoms with E-state index in [2.05, 4.69) is 36.2 Å². The second kappa shape index (κ2) is 7.87. The Kier molecular flexibility index (Phi) is 5.20. The van der Waals surface area contributed by atoms with Crippen molar-refractivity contribution in [1.29, 1.82) is 0 Å². The van der Waals surface area contributed by atoms with Crippen LogP contribution in [0.15, 0.2) is 48.2 Å². The molecule has 3 N–H and O–H groups in total. The average molecular weight is 541 g/mol. The van der Waals surface area contributed by atoms with Crippen LogP contribution in [0.4, 0.5) is 4.39 Å². The lowest BCUT2D eigenvalue weighted by molar-refractivity contribution is -0.308. The third-order valence-corrected chi connectivity index (χ3v) is 11.1. The Morgan fingerprint density at radius 2 is 1.92 bits per heavy atom. The molecule has 5 aliphatic rings. The molecule has 3 fully saturated rings. The number of fused-ring (bicyclic) bond motifs is 2. The molecule has 0 amide bonds. The molecular formula is C30H34ClFN2O4. The van der Waals surface area contributed by atoms with E-state index in [1.807, 2.05) is 31.1 Å². The first-order valence-electron chi connectivity index (χ1n) is 13.5. The zero-order valence-corrected chi connectivity index (χ0v) is 22.6. The maximum absolute atomic E-state index is 17.0. The molecule has 2 spiro atoms. The van der Waals surface area contributed by atoms with Gasteiger partial charge in [0.2, 0.25) is 0 Å². The summed E-state index contributed by atoms with van der Waals surface area (Å²) >= 11 is 6.43. The first-order valence-corrected chi connectivity index (χ1v) is 13.9. The molecule has 9 atom stereocenters. The van der Waals surface area contributed by atoms with Crippen LogP contribution in [0.2, 0.25) is 5.15 Å². The average Bonchev–Trinajstić information content (AvgIpc) is 3.43. The van der Waals surface area contributed by atoms with E-state index in [0.717, 1.165) is 22.8 Å². The van der Waals surface area contributed by atoms with Gasteiger partial charge in [0.05, 0.1) is 11.7 Å². The first-order chi connectivity index (χ1) is 18.0. The highest BCUT2D eigenvalue weighted by Gasteiger charge is 2.79.